The van der Waals surface area contributed by atoms with Gasteiger partial charge in [-0.25, -0.2) is 4.39 Å². The van der Waals surface area contributed by atoms with Crippen LogP contribution in [0.2, 0.25) is 0 Å². The molecular weight excluding hydrogens is 247 g/mol. The lowest BCUT2D eigenvalue weighted by Crippen LogP contribution is -1.97. The van der Waals surface area contributed by atoms with Crippen molar-refractivity contribution in [1.29, 1.82) is 0 Å². The fourth-order valence-electron chi connectivity index (χ4n) is 1.82. The molecule has 2 rings (SSSR count). The minimum absolute atomic E-state index is 0.0245. The molecule has 2 aromatic carbocycles. The predicted molar refractivity (Wildman–Crippen MR) is 69.6 cm³/mol. The number of para-hydroxylation sites is 1. The number of aliphatic hydroxyl groups excluding tert-OH is 2. The van der Waals surface area contributed by atoms with Gasteiger partial charge < -0.3 is 14.9 Å². The summed E-state index contributed by atoms with van der Waals surface area (Å²) in [5.41, 5.74) is 1.25. The lowest BCUT2D eigenvalue weighted by molar-refractivity contribution is 0.275. The summed E-state index contributed by atoms with van der Waals surface area (Å²) in [7, 11) is 0. The van der Waals surface area contributed by atoms with Crippen LogP contribution in [0.15, 0.2) is 42.5 Å². The van der Waals surface area contributed by atoms with Crippen LogP contribution in [0, 0.1) is 5.82 Å². The normalized spacial score (nSPS) is 10.5. The van der Waals surface area contributed by atoms with Gasteiger partial charge in [-0.2, -0.15) is 0 Å². The highest BCUT2D eigenvalue weighted by Gasteiger charge is 2.08. The molecule has 0 aliphatic heterocycles. The summed E-state index contributed by atoms with van der Waals surface area (Å²) in [6.45, 7) is -0.272. The van der Waals surface area contributed by atoms with Crippen LogP contribution in [-0.4, -0.2) is 16.8 Å². The Labute approximate surface area is 110 Å². The molecule has 0 saturated carbocycles. The van der Waals surface area contributed by atoms with Gasteiger partial charge in [-0.1, -0.05) is 18.2 Å². The van der Waals surface area contributed by atoms with Crippen LogP contribution in [0.3, 0.4) is 0 Å². The molecule has 2 N–H and O–H groups in total. The summed E-state index contributed by atoms with van der Waals surface area (Å²) in [5, 5.41) is 18.2. The van der Waals surface area contributed by atoms with Crippen LogP contribution < -0.4 is 4.74 Å². The highest BCUT2D eigenvalue weighted by Crippen LogP contribution is 2.29. The number of benzene rings is 2. The summed E-state index contributed by atoms with van der Waals surface area (Å²) in [5.74, 6) is 0.590. The van der Waals surface area contributed by atoms with E-state index in [1.807, 2.05) is 18.2 Å². The number of rotatable bonds is 5. The second-order valence-electron chi connectivity index (χ2n) is 4.09. The first-order chi connectivity index (χ1) is 9.24. The van der Waals surface area contributed by atoms with Crippen LogP contribution in [0.5, 0.6) is 11.5 Å². The monoisotopic (exact) mass is 262 g/mol. The average molecular weight is 262 g/mol. The second-order valence-corrected chi connectivity index (χ2v) is 4.09. The lowest BCUT2D eigenvalue weighted by atomic mass is 10.1. The van der Waals surface area contributed by atoms with E-state index in [9.17, 15) is 9.50 Å². The molecule has 0 heterocycles. The van der Waals surface area contributed by atoms with Gasteiger partial charge in [0.05, 0.1) is 6.61 Å². The fourth-order valence-corrected chi connectivity index (χ4v) is 1.82. The number of hydrogen-bond donors (Lipinski definition) is 2. The molecule has 0 bridgehead atoms. The minimum Gasteiger partial charge on any atom is -0.457 e. The summed E-state index contributed by atoms with van der Waals surface area (Å²) >= 11 is 0. The number of halogens is 1. The topological polar surface area (TPSA) is 49.7 Å². The van der Waals surface area contributed by atoms with Crippen molar-refractivity contribution < 1.29 is 19.3 Å². The number of hydrogen-bond acceptors (Lipinski definition) is 3. The molecule has 0 atom stereocenters. The molecule has 0 unspecified atom stereocenters. The van der Waals surface area contributed by atoms with Gasteiger partial charge in [0.25, 0.3) is 0 Å². The van der Waals surface area contributed by atoms with E-state index in [0.29, 0.717) is 23.5 Å². The molecule has 0 fully saturated rings. The van der Waals surface area contributed by atoms with Crippen LogP contribution >= 0.6 is 0 Å². The van der Waals surface area contributed by atoms with Gasteiger partial charge in [0.15, 0.2) is 0 Å². The van der Waals surface area contributed by atoms with E-state index in [1.54, 1.807) is 6.07 Å². The third-order valence-electron chi connectivity index (χ3n) is 2.77. The number of ether oxygens (including phenoxy) is 1. The van der Waals surface area contributed by atoms with Crippen LogP contribution in [-0.2, 0) is 13.0 Å². The predicted octanol–water partition coefficient (Wildman–Crippen LogP) is 2.65. The van der Waals surface area contributed by atoms with E-state index >= 15 is 0 Å². The molecule has 0 spiro atoms. The van der Waals surface area contributed by atoms with Crippen LogP contribution in [0.1, 0.15) is 11.1 Å². The fraction of sp³-hybridized carbons (Fsp3) is 0.200. The van der Waals surface area contributed by atoms with E-state index in [1.165, 1.54) is 18.2 Å². The van der Waals surface area contributed by atoms with E-state index in [4.69, 9.17) is 9.84 Å². The quantitative estimate of drug-likeness (QED) is 0.871. The molecule has 0 radical (unpaired) electrons. The van der Waals surface area contributed by atoms with Crippen molar-refractivity contribution in [3.8, 4) is 11.5 Å². The van der Waals surface area contributed by atoms with Crippen LogP contribution in [0.25, 0.3) is 0 Å². The maximum absolute atomic E-state index is 13.1. The third kappa shape index (κ3) is 3.30. The van der Waals surface area contributed by atoms with Gasteiger partial charge in [-0.3, -0.25) is 0 Å². The van der Waals surface area contributed by atoms with Crippen LogP contribution in [0.4, 0.5) is 4.39 Å². The largest absolute Gasteiger partial charge is 0.457 e. The number of aliphatic hydroxyl groups is 2. The Hall–Kier alpha value is -1.91. The maximum Gasteiger partial charge on any atom is 0.133 e. The summed E-state index contributed by atoms with van der Waals surface area (Å²) in [6, 6.07) is 11.3. The Kier molecular flexibility index (Phi) is 4.49. The Balaban J connectivity index is 2.30. The Morgan fingerprint density at radius 2 is 1.68 bits per heavy atom. The van der Waals surface area contributed by atoms with Gasteiger partial charge >= 0.3 is 0 Å². The molecule has 0 saturated heterocycles. The van der Waals surface area contributed by atoms with Crippen molar-refractivity contribution in [2.45, 2.75) is 13.0 Å². The van der Waals surface area contributed by atoms with Crippen molar-refractivity contribution >= 4 is 0 Å². The molecule has 19 heavy (non-hydrogen) atoms. The molecule has 0 aromatic heterocycles. The minimum atomic E-state index is -0.417. The van der Waals surface area contributed by atoms with E-state index < -0.39 is 5.82 Å². The van der Waals surface area contributed by atoms with Gasteiger partial charge in [0.2, 0.25) is 0 Å². The molecule has 0 aliphatic carbocycles. The Morgan fingerprint density at radius 3 is 2.42 bits per heavy atom. The first kappa shape index (κ1) is 13.5. The van der Waals surface area contributed by atoms with Crippen molar-refractivity contribution in [1.82, 2.24) is 0 Å². The van der Waals surface area contributed by atoms with E-state index in [2.05, 4.69) is 0 Å². The van der Waals surface area contributed by atoms with E-state index in [0.717, 1.165) is 5.56 Å². The lowest BCUT2D eigenvalue weighted by Gasteiger charge is -2.13. The standard InChI is InChI=1S/C15H15FO3/c16-13-5-6-15(12(9-13)10-18)19-14-4-2-1-3-11(14)7-8-17/h1-6,9,17-18H,7-8,10H2. The average Bonchev–Trinajstić information content (AvgIpc) is 2.43. The zero-order valence-electron chi connectivity index (χ0n) is 10.3. The molecule has 2 aromatic rings. The van der Waals surface area contributed by atoms with E-state index in [-0.39, 0.29) is 13.2 Å². The summed E-state index contributed by atoms with van der Waals surface area (Å²) < 4.78 is 18.8. The molecule has 3 nitrogen and oxygen atoms in total. The zero-order valence-corrected chi connectivity index (χ0v) is 10.3. The van der Waals surface area contributed by atoms with Gasteiger partial charge in [-0.05, 0) is 36.2 Å². The molecule has 0 amide bonds. The summed E-state index contributed by atoms with van der Waals surface area (Å²) in [4.78, 5) is 0. The molecule has 0 aliphatic rings. The van der Waals surface area contributed by atoms with Gasteiger partial charge in [0.1, 0.15) is 17.3 Å². The van der Waals surface area contributed by atoms with Crippen molar-refractivity contribution in [2.24, 2.45) is 0 Å². The SMILES string of the molecule is OCCc1ccccc1Oc1ccc(F)cc1CO. The highest BCUT2D eigenvalue weighted by molar-refractivity contribution is 5.41. The Bertz CT molecular complexity index is 555. The van der Waals surface area contributed by atoms with Gasteiger partial charge in [-0.15, -0.1) is 0 Å². The molecule has 4 heteroatoms. The summed E-state index contributed by atoms with van der Waals surface area (Å²) in [6.07, 6.45) is 0.478. The zero-order chi connectivity index (χ0) is 13.7. The first-order valence-corrected chi connectivity index (χ1v) is 6.00. The Morgan fingerprint density at radius 1 is 0.947 bits per heavy atom. The highest BCUT2D eigenvalue weighted by atomic mass is 19.1. The molecule has 100 valence electrons. The second kappa shape index (κ2) is 6.31. The van der Waals surface area contributed by atoms with Gasteiger partial charge in [0, 0.05) is 12.2 Å². The first-order valence-electron chi connectivity index (χ1n) is 6.00. The molecular formula is C15H15FO3. The van der Waals surface area contributed by atoms with Crippen molar-refractivity contribution in [3.05, 3.63) is 59.4 Å². The third-order valence-corrected chi connectivity index (χ3v) is 2.77. The smallest absolute Gasteiger partial charge is 0.133 e. The van der Waals surface area contributed by atoms with Crippen molar-refractivity contribution in [2.75, 3.05) is 6.61 Å². The maximum atomic E-state index is 13.1. The van der Waals surface area contributed by atoms with Crippen molar-refractivity contribution in [3.63, 3.8) is 0 Å².